The molecule has 0 aliphatic carbocycles. The minimum atomic E-state index is 0. The van der Waals surface area contributed by atoms with Crippen LogP contribution in [0, 0.1) is 12.8 Å². The predicted octanol–water partition coefficient (Wildman–Crippen LogP) is 0.809. The molecule has 2 nitrogen and oxygen atoms in total. The van der Waals surface area contributed by atoms with E-state index in [2.05, 4.69) is 0 Å². The van der Waals surface area contributed by atoms with Gasteiger partial charge in [-0.05, 0) is 0 Å². The summed E-state index contributed by atoms with van der Waals surface area (Å²) in [7, 11) is 0. The van der Waals surface area contributed by atoms with E-state index in [1.54, 1.807) is 0 Å². The molecule has 0 atom stereocenters. The maximum atomic E-state index is 2.00. The molecule has 0 aromatic carbocycles. The zero-order chi connectivity index (χ0) is 5.41. The van der Waals surface area contributed by atoms with Crippen molar-refractivity contribution in [3.63, 3.8) is 0 Å². The van der Waals surface area contributed by atoms with Crippen molar-refractivity contribution < 1.29 is 32.7 Å². The van der Waals surface area contributed by atoms with Gasteiger partial charge in [-0.25, -0.2) is 0 Å². The van der Waals surface area contributed by atoms with Gasteiger partial charge in [0.2, 0.25) is 0 Å². The van der Waals surface area contributed by atoms with Gasteiger partial charge in [0.05, 0.1) is 0 Å². The molecule has 58 valence electrons. The molecule has 3 heteroatoms. The summed E-state index contributed by atoms with van der Waals surface area (Å²) in [6.45, 7) is 8.00. The minimum absolute atomic E-state index is 0. The fourth-order valence-corrected chi connectivity index (χ4v) is 0. The summed E-state index contributed by atoms with van der Waals surface area (Å²) in [6, 6.07) is 0. The van der Waals surface area contributed by atoms with Gasteiger partial charge in [0, 0.05) is 0 Å². The van der Waals surface area contributed by atoms with Crippen molar-refractivity contribution in [3.05, 3.63) is 12.8 Å². The van der Waals surface area contributed by atoms with Crippen molar-refractivity contribution in [2.24, 2.45) is 0 Å². The third kappa shape index (κ3) is 945. The van der Waals surface area contributed by atoms with E-state index in [-0.39, 0.29) is 32.7 Å². The monoisotopic (exact) mass is 170 g/mol. The fraction of sp³-hybridized carbons (Fsp3) is 0.667. The Bertz CT molecular complexity index is 13.0. The molecular weight excluding hydrogens is 152 g/mol. The predicted molar refractivity (Wildman–Crippen MR) is 38.5 cm³/mol. The van der Waals surface area contributed by atoms with Crippen LogP contribution in [0.25, 0.3) is 0 Å². The molecule has 4 N–H and O–H groups in total. The van der Waals surface area contributed by atoms with E-state index in [0.717, 1.165) is 0 Å². The Balaban J connectivity index is -0.00000000889. The Labute approximate surface area is 73.5 Å². The van der Waals surface area contributed by atoms with Crippen LogP contribution in [0.1, 0.15) is 27.7 Å². The van der Waals surface area contributed by atoms with Crippen LogP contribution in [0.15, 0.2) is 0 Å². The molecule has 0 rings (SSSR count). The average molecular weight is 170 g/mol. The molecule has 0 aromatic heterocycles. The van der Waals surface area contributed by atoms with Gasteiger partial charge in [-0.3, -0.25) is 0 Å². The summed E-state index contributed by atoms with van der Waals surface area (Å²) >= 11 is 0. The van der Waals surface area contributed by atoms with Crippen LogP contribution in [-0.4, -0.2) is 11.0 Å². The van der Waals surface area contributed by atoms with Crippen LogP contribution < -0.4 is 0 Å². The molecule has 0 spiro atoms. The Morgan fingerprint density at radius 1 is 0.667 bits per heavy atom. The van der Waals surface area contributed by atoms with Crippen molar-refractivity contribution >= 4 is 0 Å². The van der Waals surface area contributed by atoms with Gasteiger partial charge in [0.25, 0.3) is 0 Å². The standard InChI is InChI=1S/2C3H7.2H2O.Ti/c2*1-3-2;;;/h2*3H,1-2H3;2*1H2;/q2*-1;;;+2. The van der Waals surface area contributed by atoms with E-state index in [1.165, 1.54) is 0 Å². The summed E-state index contributed by atoms with van der Waals surface area (Å²) in [5, 5.41) is 0. The van der Waals surface area contributed by atoms with Gasteiger partial charge < -0.3 is 23.8 Å². The quantitative estimate of drug-likeness (QED) is 0.381. The average Bonchev–Trinajstić information content (AvgIpc) is 1.39. The largest absolute Gasteiger partial charge is 2.00 e. The van der Waals surface area contributed by atoms with E-state index >= 15 is 0 Å². The molecule has 0 saturated carbocycles. The van der Waals surface area contributed by atoms with Crippen LogP contribution >= 0.6 is 0 Å². The van der Waals surface area contributed by atoms with Crippen LogP contribution in [0.2, 0.25) is 0 Å². The van der Waals surface area contributed by atoms with E-state index in [9.17, 15) is 0 Å². The van der Waals surface area contributed by atoms with Crippen molar-refractivity contribution in [3.8, 4) is 0 Å². The van der Waals surface area contributed by atoms with Crippen LogP contribution in [0.4, 0.5) is 0 Å². The van der Waals surface area contributed by atoms with Crippen LogP contribution in [0.5, 0.6) is 0 Å². The van der Waals surface area contributed by atoms with Crippen molar-refractivity contribution in [1.82, 2.24) is 0 Å². The molecule has 0 bridgehead atoms. The van der Waals surface area contributed by atoms with Gasteiger partial charge in [0.15, 0.2) is 0 Å². The molecular formula is C6H18O2Ti. The van der Waals surface area contributed by atoms with Crippen molar-refractivity contribution in [2.75, 3.05) is 0 Å². The van der Waals surface area contributed by atoms with Gasteiger partial charge >= 0.3 is 21.7 Å². The SMILES string of the molecule is C[CH-]C.C[CH-]C.O.O.[Ti+2]. The van der Waals surface area contributed by atoms with Crippen molar-refractivity contribution in [1.29, 1.82) is 0 Å². The van der Waals surface area contributed by atoms with Gasteiger partial charge in [0.1, 0.15) is 0 Å². The molecule has 0 saturated heterocycles. The molecule has 0 amide bonds. The van der Waals surface area contributed by atoms with E-state index < -0.39 is 0 Å². The second-order valence-corrected chi connectivity index (χ2v) is 1.15. The maximum Gasteiger partial charge on any atom is 2.00 e. The van der Waals surface area contributed by atoms with Gasteiger partial charge in [-0.2, -0.15) is 27.7 Å². The third-order valence-corrected chi connectivity index (χ3v) is 0. The second-order valence-electron chi connectivity index (χ2n) is 1.15. The van der Waals surface area contributed by atoms with Crippen molar-refractivity contribution in [2.45, 2.75) is 27.7 Å². The number of rotatable bonds is 0. The van der Waals surface area contributed by atoms with Gasteiger partial charge in [-0.15, -0.1) is 0 Å². The first-order valence-electron chi connectivity index (χ1n) is 2.31. The second kappa shape index (κ2) is 72.5. The number of hydrogen-bond donors (Lipinski definition) is 0. The first-order chi connectivity index (χ1) is 2.83. The molecule has 0 fully saturated rings. The first kappa shape index (κ1) is 33.4. The Kier molecular flexibility index (Phi) is 269. The maximum absolute atomic E-state index is 2.00. The summed E-state index contributed by atoms with van der Waals surface area (Å²) in [4.78, 5) is 0. The molecule has 0 heterocycles. The Morgan fingerprint density at radius 3 is 0.667 bits per heavy atom. The van der Waals surface area contributed by atoms with E-state index in [4.69, 9.17) is 0 Å². The van der Waals surface area contributed by atoms with Crippen LogP contribution in [-0.2, 0) is 21.7 Å². The molecule has 0 aliphatic heterocycles. The minimum Gasteiger partial charge on any atom is -0.412 e. The van der Waals surface area contributed by atoms with Gasteiger partial charge in [-0.1, -0.05) is 0 Å². The number of hydrogen-bond acceptors (Lipinski definition) is 0. The zero-order valence-corrected chi connectivity index (χ0v) is 8.22. The molecule has 0 unspecified atom stereocenters. The smallest absolute Gasteiger partial charge is 0.412 e. The summed E-state index contributed by atoms with van der Waals surface area (Å²) < 4.78 is 0. The molecule has 0 aromatic rings. The normalized spacial score (nSPS) is 4.00. The third-order valence-electron chi connectivity index (χ3n) is 0. The summed E-state index contributed by atoms with van der Waals surface area (Å²) in [5.41, 5.74) is 0. The zero-order valence-electron chi connectivity index (χ0n) is 6.65. The summed E-state index contributed by atoms with van der Waals surface area (Å²) in [5.74, 6) is 0. The Morgan fingerprint density at radius 2 is 0.667 bits per heavy atom. The molecule has 9 heavy (non-hydrogen) atoms. The Hall–Kier alpha value is 0.634. The first-order valence-corrected chi connectivity index (χ1v) is 2.31. The van der Waals surface area contributed by atoms with Crippen LogP contribution in [0.3, 0.4) is 0 Å². The fourth-order valence-electron chi connectivity index (χ4n) is 0. The van der Waals surface area contributed by atoms with E-state index in [1.807, 2.05) is 40.5 Å². The van der Waals surface area contributed by atoms with E-state index in [0.29, 0.717) is 0 Å². The summed E-state index contributed by atoms with van der Waals surface area (Å²) in [6.07, 6.45) is 4.00. The molecule has 0 aliphatic rings. The topological polar surface area (TPSA) is 63.0 Å². The molecule has 0 radical (unpaired) electrons.